The molecule has 1 saturated heterocycles. The van der Waals surface area contributed by atoms with E-state index in [1.54, 1.807) is 6.07 Å². The maximum Gasteiger partial charge on any atom is 0.252 e. The number of imide groups is 1. The first-order chi connectivity index (χ1) is 12.0. The van der Waals surface area contributed by atoms with Gasteiger partial charge in [-0.05, 0) is 49.4 Å². The average Bonchev–Trinajstić information content (AvgIpc) is 3.03. The predicted molar refractivity (Wildman–Crippen MR) is 87.4 cm³/mol. The highest BCUT2D eigenvalue weighted by molar-refractivity contribution is 6.10. The number of aryl methyl sites for hydroxylation is 1. The van der Waals surface area contributed by atoms with Gasteiger partial charge >= 0.3 is 0 Å². The second-order valence-electron chi connectivity index (χ2n) is 6.40. The number of nitrogens with zero attached hydrogens (tertiary/aromatic N) is 1. The van der Waals surface area contributed by atoms with Crippen molar-refractivity contribution in [3.63, 3.8) is 0 Å². The van der Waals surface area contributed by atoms with Crippen LogP contribution in [0.3, 0.4) is 0 Å². The molecular formula is C18H16FN3O3. The van der Waals surface area contributed by atoms with Crippen LogP contribution < -0.4 is 10.6 Å². The Morgan fingerprint density at radius 2 is 2.08 bits per heavy atom. The van der Waals surface area contributed by atoms with E-state index >= 15 is 0 Å². The van der Waals surface area contributed by atoms with Crippen molar-refractivity contribution in [2.24, 2.45) is 0 Å². The summed E-state index contributed by atoms with van der Waals surface area (Å²) >= 11 is 0. The molecule has 25 heavy (non-hydrogen) atoms. The monoisotopic (exact) mass is 341 g/mol. The van der Waals surface area contributed by atoms with E-state index in [0.717, 1.165) is 24.1 Å². The van der Waals surface area contributed by atoms with Crippen LogP contribution in [0.15, 0.2) is 18.2 Å². The molecule has 2 aliphatic rings. The molecule has 128 valence electrons. The van der Waals surface area contributed by atoms with Gasteiger partial charge in [-0.25, -0.2) is 4.39 Å². The van der Waals surface area contributed by atoms with Crippen LogP contribution in [0.25, 0.3) is 10.9 Å². The number of benzene rings is 1. The molecule has 4 rings (SSSR count). The van der Waals surface area contributed by atoms with E-state index in [4.69, 9.17) is 0 Å². The maximum absolute atomic E-state index is 13.7. The molecule has 1 atom stereocenters. The second kappa shape index (κ2) is 5.91. The number of rotatable bonds is 2. The Balaban J connectivity index is 1.75. The first-order valence-corrected chi connectivity index (χ1v) is 8.28. The molecule has 1 fully saturated rings. The number of amides is 3. The number of piperidine rings is 1. The molecule has 0 spiro atoms. The van der Waals surface area contributed by atoms with E-state index in [1.807, 2.05) is 0 Å². The molecule has 2 N–H and O–H groups in total. The van der Waals surface area contributed by atoms with Gasteiger partial charge in [0.15, 0.2) is 0 Å². The first kappa shape index (κ1) is 15.7. The minimum absolute atomic E-state index is 0.181. The van der Waals surface area contributed by atoms with Crippen LogP contribution in [0, 0.1) is 5.82 Å². The van der Waals surface area contributed by atoms with Crippen molar-refractivity contribution >= 4 is 28.6 Å². The molecule has 1 aromatic heterocycles. The molecule has 2 heterocycles. The lowest BCUT2D eigenvalue weighted by Crippen LogP contribution is -2.52. The minimum Gasteiger partial charge on any atom is -0.340 e. The highest BCUT2D eigenvalue weighted by Crippen LogP contribution is 2.30. The Hall–Kier alpha value is -2.83. The van der Waals surface area contributed by atoms with Crippen LogP contribution in [0.4, 0.5) is 4.39 Å². The number of carbonyl (C=O) groups is 3. The van der Waals surface area contributed by atoms with E-state index in [0.29, 0.717) is 22.9 Å². The summed E-state index contributed by atoms with van der Waals surface area (Å²) in [6, 6.07) is 3.42. The summed E-state index contributed by atoms with van der Waals surface area (Å²) in [5, 5.41) is 5.36. The van der Waals surface area contributed by atoms with Crippen LogP contribution in [0.5, 0.6) is 0 Å². The molecule has 0 radical (unpaired) electrons. The number of fused-ring (bicyclic) bond motifs is 2. The van der Waals surface area contributed by atoms with Gasteiger partial charge < -0.3 is 5.32 Å². The molecule has 0 bridgehead atoms. The highest BCUT2D eigenvalue weighted by Gasteiger charge is 2.30. The van der Waals surface area contributed by atoms with E-state index in [1.165, 1.54) is 12.1 Å². The Kier molecular flexibility index (Phi) is 3.71. The summed E-state index contributed by atoms with van der Waals surface area (Å²) < 4.78 is 13.7. The quantitative estimate of drug-likeness (QED) is 0.808. The largest absolute Gasteiger partial charge is 0.340 e. The molecule has 1 aliphatic carbocycles. The minimum atomic E-state index is -0.765. The molecule has 1 aromatic carbocycles. The lowest BCUT2D eigenvalue weighted by atomic mass is 9.99. The molecule has 7 heteroatoms. The summed E-state index contributed by atoms with van der Waals surface area (Å²) in [7, 11) is 0. The van der Waals surface area contributed by atoms with Crippen molar-refractivity contribution in [2.75, 3.05) is 0 Å². The molecule has 1 unspecified atom stereocenters. The number of carbonyl (C=O) groups excluding carboxylic acids is 3. The third-order valence-corrected chi connectivity index (χ3v) is 4.75. The smallest absolute Gasteiger partial charge is 0.252 e. The lowest BCUT2D eigenvalue weighted by Gasteiger charge is -2.22. The van der Waals surface area contributed by atoms with Crippen molar-refractivity contribution in [3.05, 3.63) is 40.8 Å². The zero-order chi connectivity index (χ0) is 17.6. The maximum atomic E-state index is 13.7. The van der Waals surface area contributed by atoms with Crippen molar-refractivity contribution in [1.29, 1.82) is 0 Å². The van der Waals surface area contributed by atoms with Gasteiger partial charge in [-0.2, -0.15) is 0 Å². The lowest BCUT2D eigenvalue weighted by molar-refractivity contribution is -0.134. The third-order valence-electron chi connectivity index (χ3n) is 4.75. The average molecular weight is 341 g/mol. The zero-order valence-electron chi connectivity index (χ0n) is 13.4. The topological polar surface area (TPSA) is 88.2 Å². The Morgan fingerprint density at radius 3 is 2.88 bits per heavy atom. The number of aromatic nitrogens is 1. The summed E-state index contributed by atoms with van der Waals surface area (Å²) in [5.41, 5.74) is 2.63. The van der Waals surface area contributed by atoms with Gasteiger partial charge in [0.25, 0.3) is 5.91 Å². The first-order valence-electron chi connectivity index (χ1n) is 8.28. The number of hydrogen-bond acceptors (Lipinski definition) is 4. The summed E-state index contributed by atoms with van der Waals surface area (Å²) in [5.74, 6) is -1.72. The summed E-state index contributed by atoms with van der Waals surface area (Å²) in [6.07, 6.45) is 2.81. The fourth-order valence-corrected chi connectivity index (χ4v) is 3.56. The van der Waals surface area contributed by atoms with Gasteiger partial charge in [0.2, 0.25) is 11.8 Å². The molecule has 1 aliphatic heterocycles. The van der Waals surface area contributed by atoms with Crippen molar-refractivity contribution in [2.45, 2.75) is 38.1 Å². The normalized spacial score (nSPS) is 19.6. The SMILES string of the molecule is O=C1CCC(NC(=O)c2c3c(nc4ccc(F)cc24)CCC3)C(=O)N1. The van der Waals surface area contributed by atoms with Crippen molar-refractivity contribution in [3.8, 4) is 0 Å². The number of halogens is 1. The van der Waals surface area contributed by atoms with Crippen LogP contribution in [-0.2, 0) is 22.4 Å². The van der Waals surface area contributed by atoms with Crippen molar-refractivity contribution < 1.29 is 18.8 Å². The standard InChI is InChI=1S/C18H16FN3O3/c19-9-4-5-13-11(8-9)16(10-2-1-3-12(10)20-13)18(25)21-14-6-7-15(23)22-17(14)24/h4-5,8,14H,1-3,6-7H2,(H,21,25)(H,22,23,24). The fourth-order valence-electron chi connectivity index (χ4n) is 3.56. The molecule has 2 aromatic rings. The molecule has 3 amide bonds. The van der Waals surface area contributed by atoms with Gasteiger partial charge in [0, 0.05) is 17.5 Å². The van der Waals surface area contributed by atoms with Gasteiger partial charge in [-0.15, -0.1) is 0 Å². The zero-order valence-corrected chi connectivity index (χ0v) is 13.4. The molecular weight excluding hydrogens is 325 g/mol. The number of nitrogens with one attached hydrogen (secondary N) is 2. The summed E-state index contributed by atoms with van der Waals surface area (Å²) in [6.45, 7) is 0. The second-order valence-corrected chi connectivity index (χ2v) is 6.40. The van der Waals surface area contributed by atoms with E-state index in [2.05, 4.69) is 15.6 Å². The van der Waals surface area contributed by atoms with Gasteiger partial charge in [-0.3, -0.25) is 24.7 Å². The van der Waals surface area contributed by atoms with Crippen LogP contribution in [-0.4, -0.2) is 28.7 Å². The molecule has 0 saturated carbocycles. The fraction of sp³-hybridized carbons (Fsp3) is 0.333. The Bertz CT molecular complexity index is 925. The number of pyridine rings is 1. The van der Waals surface area contributed by atoms with Crippen LogP contribution in [0.2, 0.25) is 0 Å². The summed E-state index contributed by atoms with van der Waals surface area (Å²) in [4.78, 5) is 40.6. The van der Waals surface area contributed by atoms with Gasteiger partial charge in [-0.1, -0.05) is 0 Å². The van der Waals surface area contributed by atoms with E-state index < -0.39 is 23.7 Å². The van der Waals surface area contributed by atoms with Crippen LogP contribution >= 0.6 is 0 Å². The van der Waals surface area contributed by atoms with Crippen LogP contribution in [0.1, 0.15) is 40.9 Å². The van der Waals surface area contributed by atoms with Gasteiger partial charge in [0.05, 0.1) is 11.1 Å². The molecule has 6 nitrogen and oxygen atoms in total. The van der Waals surface area contributed by atoms with E-state index in [9.17, 15) is 18.8 Å². The third kappa shape index (κ3) is 2.75. The van der Waals surface area contributed by atoms with Gasteiger partial charge in [0.1, 0.15) is 11.9 Å². The Labute approximate surface area is 142 Å². The number of hydrogen-bond donors (Lipinski definition) is 2. The Morgan fingerprint density at radius 1 is 1.24 bits per heavy atom. The predicted octanol–water partition coefficient (Wildman–Crippen LogP) is 1.40. The van der Waals surface area contributed by atoms with Crippen molar-refractivity contribution in [1.82, 2.24) is 15.6 Å². The highest BCUT2D eigenvalue weighted by atomic mass is 19.1. The van der Waals surface area contributed by atoms with E-state index in [-0.39, 0.29) is 18.7 Å².